The summed E-state index contributed by atoms with van der Waals surface area (Å²) in [5.41, 5.74) is 2.18. The van der Waals surface area contributed by atoms with Crippen molar-refractivity contribution in [3.63, 3.8) is 0 Å². The Hall–Kier alpha value is -2.11. The van der Waals surface area contributed by atoms with Crippen molar-refractivity contribution in [2.75, 3.05) is 18.0 Å². The highest BCUT2D eigenvalue weighted by atomic mass is 35.5. The number of nitrogens with one attached hydrogen (secondary N) is 1. The second kappa shape index (κ2) is 5.44. The number of benzene rings is 1. The van der Waals surface area contributed by atoms with E-state index in [0.29, 0.717) is 16.9 Å². The molecule has 0 radical (unpaired) electrons. The number of halogens is 1. The SMILES string of the molecule is O[C@@]1(c2cc(Cl)cc3[nH]ncc23)C[C@H]2CN(c3ccncc3)C[C@H]2C1. The second-order valence-corrected chi connectivity index (χ2v) is 7.79. The first-order valence-corrected chi connectivity index (χ1v) is 9.01. The Morgan fingerprint density at radius 3 is 2.60 bits per heavy atom. The smallest absolute Gasteiger partial charge is 0.0911 e. The molecule has 3 aromatic rings. The molecule has 25 heavy (non-hydrogen) atoms. The number of rotatable bonds is 2. The predicted molar refractivity (Wildman–Crippen MR) is 97.7 cm³/mol. The summed E-state index contributed by atoms with van der Waals surface area (Å²) in [7, 11) is 0. The summed E-state index contributed by atoms with van der Waals surface area (Å²) in [5, 5.41) is 20.1. The van der Waals surface area contributed by atoms with E-state index in [-0.39, 0.29) is 0 Å². The van der Waals surface area contributed by atoms with Gasteiger partial charge in [-0.2, -0.15) is 5.10 Å². The van der Waals surface area contributed by atoms with Crippen LogP contribution in [0.2, 0.25) is 5.02 Å². The third-order valence-corrected chi connectivity index (χ3v) is 6.05. The fourth-order valence-corrected chi connectivity index (χ4v) is 4.96. The van der Waals surface area contributed by atoms with Crippen LogP contribution in [0.4, 0.5) is 5.69 Å². The third-order valence-electron chi connectivity index (χ3n) is 5.83. The van der Waals surface area contributed by atoms with Crippen molar-refractivity contribution in [2.45, 2.75) is 18.4 Å². The van der Waals surface area contributed by atoms with Crippen molar-refractivity contribution in [1.29, 1.82) is 0 Å². The van der Waals surface area contributed by atoms with Crippen LogP contribution in [-0.4, -0.2) is 33.4 Å². The first-order valence-electron chi connectivity index (χ1n) is 8.63. The van der Waals surface area contributed by atoms with E-state index in [1.165, 1.54) is 5.69 Å². The summed E-state index contributed by atoms with van der Waals surface area (Å²) in [6.07, 6.45) is 6.98. The van der Waals surface area contributed by atoms with Gasteiger partial charge in [-0.1, -0.05) is 11.6 Å². The minimum Gasteiger partial charge on any atom is -0.385 e. The molecule has 0 amide bonds. The van der Waals surface area contributed by atoms with Gasteiger partial charge in [0, 0.05) is 41.6 Å². The van der Waals surface area contributed by atoms with Gasteiger partial charge in [-0.25, -0.2) is 0 Å². The van der Waals surface area contributed by atoms with Crippen LogP contribution in [0.3, 0.4) is 0 Å². The summed E-state index contributed by atoms with van der Waals surface area (Å²) in [6.45, 7) is 1.96. The van der Waals surface area contributed by atoms with Gasteiger partial charge in [0.2, 0.25) is 0 Å². The number of anilines is 1. The van der Waals surface area contributed by atoms with Crippen LogP contribution in [0.5, 0.6) is 0 Å². The van der Waals surface area contributed by atoms with Crippen LogP contribution in [0.15, 0.2) is 42.9 Å². The topological polar surface area (TPSA) is 65.0 Å². The summed E-state index contributed by atoms with van der Waals surface area (Å²) < 4.78 is 0. The zero-order valence-corrected chi connectivity index (χ0v) is 14.4. The zero-order valence-electron chi connectivity index (χ0n) is 13.7. The highest BCUT2D eigenvalue weighted by molar-refractivity contribution is 6.31. The quantitative estimate of drug-likeness (QED) is 0.740. The molecule has 0 bridgehead atoms. The highest BCUT2D eigenvalue weighted by Crippen LogP contribution is 2.51. The van der Waals surface area contributed by atoms with E-state index < -0.39 is 5.60 Å². The van der Waals surface area contributed by atoms with Gasteiger partial charge in [0.25, 0.3) is 0 Å². The first-order chi connectivity index (χ1) is 12.1. The number of nitrogens with zero attached hydrogens (tertiary/aromatic N) is 3. The summed E-state index contributed by atoms with van der Waals surface area (Å²) >= 11 is 6.27. The molecule has 3 heterocycles. The molecule has 0 spiro atoms. The van der Waals surface area contributed by atoms with Crippen LogP contribution < -0.4 is 4.90 Å². The normalized spacial score (nSPS) is 28.6. The Labute approximate surface area is 150 Å². The monoisotopic (exact) mass is 354 g/mol. The molecule has 1 saturated carbocycles. The van der Waals surface area contributed by atoms with E-state index in [1.807, 2.05) is 24.5 Å². The molecule has 2 fully saturated rings. The molecule has 2 N–H and O–H groups in total. The molecule has 2 aromatic heterocycles. The molecule has 2 aliphatic rings. The largest absolute Gasteiger partial charge is 0.385 e. The second-order valence-electron chi connectivity index (χ2n) is 7.35. The number of aromatic amines is 1. The van der Waals surface area contributed by atoms with Crippen molar-refractivity contribution in [3.05, 3.63) is 53.4 Å². The maximum atomic E-state index is 11.4. The Bertz CT molecular complexity index is 912. The van der Waals surface area contributed by atoms with E-state index in [9.17, 15) is 5.11 Å². The van der Waals surface area contributed by atoms with Gasteiger partial charge in [0.1, 0.15) is 0 Å². The number of aromatic nitrogens is 3. The van der Waals surface area contributed by atoms with Crippen LogP contribution in [0.1, 0.15) is 18.4 Å². The average Bonchev–Trinajstić information content (AvgIpc) is 3.28. The van der Waals surface area contributed by atoms with E-state index in [2.05, 4.69) is 32.2 Å². The van der Waals surface area contributed by atoms with Crippen molar-refractivity contribution in [2.24, 2.45) is 11.8 Å². The summed E-state index contributed by atoms with van der Waals surface area (Å²) in [5.74, 6) is 0.971. The van der Waals surface area contributed by atoms with Crippen molar-refractivity contribution >= 4 is 28.2 Å². The molecular formula is C19H19ClN4O. The van der Waals surface area contributed by atoms with Gasteiger partial charge in [-0.05, 0) is 54.5 Å². The van der Waals surface area contributed by atoms with Crippen molar-refractivity contribution in [3.8, 4) is 0 Å². The predicted octanol–water partition coefficient (Wildman–Crippen LogP) is 3.35. The number of aliphatic hydroxyl groups is 1. The van der Waals surface area contributed by atoms with E-state index in [1.54, 1.807) is 6.20 Å². The van der Waals surface area contributed by atoms with E-state index >= 15 is 0 Å². The molecule has 0 unspecified atom stereocenters. The van der Waals surface area contributed by atoms with Gasteiger partial charge in [0.15, 0.2) is 0 Å². The molecule has 1 aliphatic heterocycles. The molecule has 1 saturated heterocycles. The van der Waals surface area contributed by atoms with E-state index in [4.69, 9.17) is 11.6 Å². The number of fused-ring (bicyclic) bond motifs is 2. The number of H-pyrrole nitrogens is 1. The molecule has 5 nitrogen and oxygen atoms in total. The molecule has 1 aromatic carbocycles. The van der Waals surface area contributed by atoms with Crippen LogP contribution in [-0.2, 0) is 5.60 Å². The number of hydrogen-bond donors (Lipinski definition) is 2. The fourth-order valence-electron chi connectivity index (χ4n) is 4.74. The fraction of sp³-hybridized carbons (Fsp3) is 0.368. The summed E-state index contributed by atoms with van der Waals surface area (Å²) in [4.78, 5) is 6.50. The lowest BCUT2D eigenvalue weighted by Gasteiger charge is -2.28. The average molecular weight is 355 g/mol. The number of hydrogen-bond acceptors (Lipinski definition) is 4. The van der Waals surface area contributed by atoms with Gasteiger partial charge < -0.3 is 10.0 Å². The lowest BCUT2D eigenvalue weighted by molar-refractivity contribution is 0.0381. The van der Waals surface area contributed by atoms with Crippen molar-refractivity contribution < 1.29 is 5.11 Å². The van der Waals surface area contributed by atoms with Crippen molar-refractivity contribution in [1.82, 2.24) is 15.2 Å². The Balaban J connectivity index is 1.44. The maximum absolute atomic E-state index is 11.4. The minimum atomic E-state index is -0.827. The van der Waals surface area contributed by atoms with Gasteiger partial charge >= 0.3 is 0 Å². The summed E-state index contributed by atoms with van der Waals surface area (Å²) in [6, 6.07) is 7.87. The Morgan fingerprint density at radius 1 is 1.16 bits per heavy atom. The standard InChI is InChI=1S/C19H19ClN4O/c20-14-5-17(16-9-22-23-18(16)6-14)19(25)7-12-10-24(11-13(12)8-19)15-1-3-21-4-2-15/h1-6,9,12-13,25H,7-8,10-11H2,(H,22,23)/t12-,13+,19-. The molecular weight excluding hydrogens is 336 g/mol. The highest BCUT2D eigenvalue weighted by Gasteiger charge is 2.49. The number of pyridine rings is 1. The lowest BCUT2D eigenvalue weighted by Crippen LogP contribution is -2.28. The van der Waals surface area contributed by atoms with E-state index in [0.717, 1.165) is 42.4 Å². The maximum Gasteiger partial charge on any atom is 0.0911 e. The van der Waals surface area contributed by atoms with Gasteiger partial charge in [0.05, 0.1) is 17.3 Å². The Kier molecular flexibility index (Phi) is 3.30. The third kappa shape index (κ3) is 2.41. The molecule has 5 rings (SSSR count). The Morgan fingerprint density at radius 2 is 1.88 bits per heavy atom. The molecule has 3 atom stereocenters. The molecule has 6 heteroatoms. The van der Waals surface area contributed by atoms with Crippen LogP contribution in [0, 0.1) is 11.8 Å². The van der Waals surface area contributed by atoms with Crippen LogP contribution >= 0.6 is 11.6 Å². The molecule has 1 aliphatic carbocycles. The lowest BCUT2D eigenvalue weighted by atomic mass is 9.88. The van der Waals surface area contributed by atoms with Gasteiger partial charge in [-0.15, -0.1) is 0 Å². The zero-order chi connectivity index (χ0) is 17.0. The van der Waals surface area contributed by atoms with Crippen LogP contribution in [0.25, 0.3) is 10.9 Å². The first kappa shape index (κ1) is 15.2. The van der Waals surface area contributed by atoms with Gasteiger partial charge in [-0.3, -0.25) is 10.1 Å². The minimum absolute atomic E-state index is 0.485. The molecule has 128 valence electrons.